The number of rotatable bonds is 3. The van der Waals surface area contributed by atoms with Crippen molar-refractivity contribution in [3.63, 3.8) is 0 Å². The van der Waals surface area contributed by atoms with Gasteiger partial charge in [0.15, 0.2) is 6.10 Å². The van der Waals surface area contributed by atoms with Crippen LogP contribution < -0.4 is 5.73 Å². The second-order valence-electron chi connectivity index (χ2n) is 5.49. The molecule has 0 radical (unpaired) electrons. The molecule has 90 valence electrons. The number of carbonyl (C=O) groups excluding carboxylic acids is 1. The van der Waals surface area contributed by atoms with Crippen molar-refractivity contribution < 1.29 is 14.3 Å². The summed E-state index contributed by atoms with van der Waals surface area (Å²) in [6, 6.07) is 0. The summed E-state index contributed by atoms with van der Waals surface area (Å²) in [6.45, 7) is 11.2. The van der Waals surface area contributed by atoms with Crippen LogP contribution in [0.15, 0.2) is 0 Å². The van der Waals surface area contributed by atoms with E-state index in [4.69, 9.17) is 15.2 Å². The van der Waals surface area contributed by atoms with Crippen LogP contribution in [0.25, 0.3) is 0 Å². The summed E-state index contributed by atoms with van der Waals surface area (Å²) in [5, 5.41) is 0. The Labute approximate surface area is 92.1 Å². The molecule has 0 heterocycles. The van der Waals surface area contributed by atoms with Crippen LogP contribution in [0, 0.1) is 0 Å². The van der Waals surface area contributed by atoms with Gasteiger partial charge in [0.2, 0.25) is 0 Å². The first-order valence-electron chi connectivity index (χ1n) is 5.16. The van der Waals surface area contributed by atoms with Gasteiger partial charge < -0.3 is 15.2 Å². The zero-order valence-electron chi connectivity index (χ0n) is 10.6. The number of nitrogens with two attached hydrogens (primary N) is 1. The Morgan fingerprint density at radius 3 is 1.87 bits per heavy atom. The third-order valence-electron chi connectivity index (χ3n) is 1.38. The number of hydrogen-bond acceptors (Lipinski definition) is 4. The predicted octanol–water partition coefficient (Wildman–Crippen LogP) is 1.47. The lowest BCUT2D eigenvalue weighted by atomic mass is 10.1. The number of esters is 1. The maximum Gasteiger partial charge on any atom is 0.337 e. The van der Waals surface area contributed by atoms with Crippen molar-refractivity contribution in [2.75, 3.05) is 6.54 Å². The Bertz CT molecular complexity index is 213. The van der Waals surface area contributed by atoms with E-state index in [-0.39, 0.29) is 6.54 Å². The molecule has 0 amide bonds. The molecule has 2 N–H and O–H groups in total. The van der Waals surface area contributed by atoms with Gasteiger partial charge in [-0.3, -0.25) is 0 Å². The first kappa shape index (κ1) is 14.4. The van der Waals surface area contributed by atoms with Gasteiger partial charge in [-0.05, 0) is 41.5 Å². The molecule has 0 aromatic rings. The van der Waals surface area contributed by atoms with Crippen LogP contribution in [0.4, 0.5) is 0 Å². The van der Waals surface area contributed by atoms with Crippen LogP contribution in [0.1, 0.15) is 41.5 Å². The molecule has 0 aliphatic carbocycles. The summed E-state index contributed by atoms with van der Waals surface area (Å²) in [5.74, 6) is -0.403. The molecule has 0 aromatic heterocycles. The number of hydrogen-bond donors (Lipinski definition) is 1. The Morgan fingerprint density at radius 1 is 1.13 bits per heavy atom. The smallest absolute Gasteiger partial charge is 0.337 e. The Hall–Kier alpha value is -0.610. The average molecular weight is 217 g/mol. The van der Waals surface area contributed by atoms with Crippen molar-refractivity contribution in [2.45, 2.75) is 58.8 Å². The van der Waals surface area contributed by atoms with Crippen molar-refractivity contribution in [1.29, 1.82) is 0 Å². The fraction of sp³-hybridized carbons (Fsp3) is 0.909. The summed E-state index contributed by atoms with van der Waals surface area (Å²) >= 11 is 0. The van der Waals surface area contributed by atoms with E-state index in [1.165, 1.54) is 0 Å². The van der Waals surface area contributed by atoms with Crippen LogP contribution in [0.2, 0.25) is 0 Å². The zero-order chi connectivity index (χ0) is 12.3. The fourth-order valence-corrected chi connectivity index (χ4v) is 0.987. The van der Waals surface area contributed by atoms with Crippen molar-refractivity contribution >= 4 is 5.97 Å². The third-order valence-corrected chi connectivity index (χ3v) is 1.38. The van der Waals surface area contributed by atoms with Crippen molar-refractivity contribution in [1.82, 2.24) is 0 Å². The summed E-state index contributed by atoms with van der Waals surface area (Å²) < 4.78 is 10.7. The van der Waals surface area contributed by atoms with Gasteiger partial charge in [0.25, 0.3) is 0 Å². The minimum absolute atomic E-state index is 0.131. The van der Waals surface area contributed by atoms with Crippen LogP contribution in [0.5, 0.6) is 0 Å². The van der Waals surface area contributed by atoms with Crippen LogP contribution in [-0.2, 0) is 14.3 Å². The van der Waals surface area contributed by atoms with Crippen LogP contribution in [0.3, 0.4) is 0 Å². The lowest BCUT2D eigenvalue weighted by molar-refractivity contribution is -0.176. The largest absolute Gasteiger partial charge is 0.458 e. The molecule has 0 fully saturated rings. The molecule has 4 nitrogen and oxygen atoms in total. The van der Waals surface area contributed by atoms with Gasteiger partial charge in [-0.15, -0.1) is 0 Å². The molecule has 4 heteroatoms. The van der Waals surface area contributed by atoms with Gasteiger partial charge in [0.1, 0.15) is 5.60 Å². The van der Waals surface area contributed by atoms with Gasteiger partial charge in [-0.25, -0.2) is 4.79 Å². The summed E-state index contributed by atoms with van der Waals surface area (Å²) in [6.07, 6.45) is -0.691. The lowest BCUT2D eigenvalue weighted by Gasteiger charge is -2.28. The monoisotopic (exact) mass is 217 g/mol. The van der Waals surface area contributed by atoms with Crippen LogP contribution in [-0.4, -0.2) is 29.8 Å². The van der Waals surface area contributed by atoms with Gasteiger partial charge >= 0.3 is 5.97 Å². The fourth-order valence-electron chi connectivity index (χ4n) is 0.987. The Balaban J connectivity index is 4.36. The van der Waals surface area contributed by atoms with E-state index < -0.39 is 23.3 Å². The molecular weight excluding hydrogens is 194 g/mol. The minimum atomic E-state index is -0.691. The van der Waals surface area contributed by atoms with Gasteiger partial charge in [-0.2, -0.15) is 0 Å². The van der Waals surface area contributed by atoms with E-state index in [9.17, 15) is 4.79 Å². The highest BCUT2D eigenvalue weighted by molar-refractivity contribution is 5.75. The average Bonchev–Trinajstić information content (AvgIpc) is 1.94. The molecule has 15 heavy (non-hydrogen) atoms. The van der Waals surface area contributed by atoms with Gasteiger partial charge in [0, 0.05) is 6.54 Å². The molecule has 0 aliphatic heterocycles. The maximum atomic E-state index is 11.6. The van der Waals surface area contributed by atoms with Gasteiger partial charge in [0.05, 0.1) is 5.60 Å². The molecule has 0 bridgehead atoms. The van der Waals surface area contributed by atoms with Gasteiger partial charge in [-0.1, -0.05) is 0 Å². The molecule has 0 spiro atoms. The molecule has 0 aromatic carbocycles. The van der Waals surface area contributed by atoms with E-state index in [0.717, 1.165) is 0 Å². The molecular formula is C11H23NO3. The molecule has 0 saturated carbocycles. The van der Waals surface area contributed by atoms with E-state index in [1.54, 1.807) is 0 Å². The summed E-state index contributed by atoms with van der Waals surface area (Å²) in [7, 11) is 0. The summed E-state index contributed by atoms with van der Waals surface area (Å²) in [4.78, 5) is 11.6. The minimum Gasteiger partial charge on any atom is -0.458 e. The zero-order valence-corrected chi connectivity index (χ0v) is 10.6. The first-order chi connectivity index (χ1) is 6.55. The van der Waals surface area contributed by atoms with E-state index >= 15 is 0 Å². The van der Waals surface area contributed by atoms with Crippen molar-refractivity contribution in [3.05, 3.63) is 0 Å². The highest BCUT2D eigenvalue weighted by Gasteiger charge is 2.28. The third kappa shape index (κ3) is 7.33. The standard InChI is InChI=1S/C11H23NO3/c1-10(2,3)14-8(7-12)9(13)15-11(4,5)6/h8H,7,12H2,1-6H3/t8-/m1/s1. The topological polar surface area (TPSA) is 61.5 Å². The lowest BCUT2D eigenvalue weighted by Crippen LogP contribution is -2.42. The van der Waals surface area contributed by atoms with E-state index in [0.29, 0.717) is 0 Å². The predicted molar refractivity (Wildman–Crippen MR) is 59.5 cm³/mol. The summed E-state index contributed by atoms with van der Waals surface area (Å²) in [5.41, 5.74) is 4.56. The number of ether oxygens (including phenoxy) is 2. The Kier molecular flexibility index (Phi) is 4.74. The van der Waals surface area contributed by atoms with Crippen molar-refractivity contribution in [2.24, 2.45) is 5.73 Å². The molecule has 1 atom stereocenters. The highest BCUT2D eigenvalue weighted by Crippen LogP contribution is 2.14. The molecule has 0 aliphatic rings. The highest BCUT2D eigenvalue weighted by atomic mass is 16.6. The van der Waals surface area contributed by atoms with Crippen LogP contribution >= 0.6 is 0 Å². The quantitative estimate of drug-likeness (QED) is 0.727. The first-order valence-corrected chi connectivity index (χ1v) is 5.16. The van der Waals surface area contributed by atoms with E-state index in [2.05, 4.69) is 0 Å². The van der Waals surface area contributed by atoms with E-state index in [1.807, 2.05) is 41.5 Å². The SMILES string of the molecule is CC(C)(C)OC(=O)[C@@H](CN)OC(C)(C)C. The Morgan fingerprint density at radius 2 is 1.60 bits per heavy atom. The van der Waals surface area contributed by atoms with Crippen molar-refractivity contribution in [3.8, 4) is 0 Å². The second kappa shape index (κ2) is 4.94. The molecule has 0 unspecified atom stereocenters. The number of carbonyl (C=O) groups is 1. The second-order valence-corrected chi connectivity index (χ2v) is 5.49. The normalized spacial score (nSPS) is 14.9. The molecule has 0 rings (SSSR count). The maximum absolute atomic E-state index is 11.6. The molecule has 0 saturated heterocycles.